The molecule has 0 unspecified atom stereocenters. The molecule has 0 heterocycles. The van der Waals surface area contributed by atoms with Crippen LogP contribution in [0.15, 0.2) is 0 Å². The fraction of sp³-hybridized carbons (Fsp3) is 1.00. The average Bonchev–Trinajstić information content (AvgIpc) is 1.31. The van der Waals surface area contributed by atoms with Crippen LogP contribution in [0.5, 0.6) is 0 Å². The van der Waals surface area contributed by atoms with Crippen LogP contribution < -0.4 is 0 Å². The second-order valence-electron chi connectivity index (χ2n) is 0.915. The number of halogens is 3. The Kier molecular flexibility index (Phi) is 1.79. The van der Waals surface area contributed by atoms with E-state index < -0.39 is 15.0 Å². The van der Waals surface area contributed by atoms with Crippen LogP contribution in [0.25, 0.3) is 0 Å². The van der Waals surface area contributed by atoms with Crippen molar-refractivity contribution in [2.24, 2.45) is 0 Å². The Bertz CT molecular complexity index is 58.4. The zero-order valence-electron chi connectivity index (χ0n) is 3.11. The maximum atomic E-state index is 10.8. The van der Waals surface area contributed by atoms with E-state index in [4.69, 9.17) is 10.2 Å². The van der Waals surface area contributed by atoms with Gasteiger partial charge in [0.25, 0.3) is 0 Å². The van der Waals surface area contributed by atoms with Crippen molar-refractivity contribution in [2.75, 3.05) is 0 Å². The molecule has 0 aromatic heterocycles. The maximum Gasteiger partial charge on any atom is 0.675 e. The van der Waals surface area contributed by atoms with E-state index in [1.165, 1.54) is 0 Å². The van der Waals surface area contributed by atoms with Crippen LogP contribution in [0, 0.1) is 0 Å². The molecule has 0 spiro atoms. The van der Waals surface area contributed by atoms with Crippen molar-refractivity contribution in [3.63, 3.8) is 0 Å². The summed E-state index contributed by atoms with van der Waals surface area (Å²) in [7, 11) is -6.12. The highest BCUT2D eigenvalue weighted by molar-refractivity contribution is 6.59. The lowest BCUT2D eigenvalue weighted by Gasteiger charge is -2.00. The second kappa shape index (κ2) is 1.81. The zero-order chi connectivity index (χ0) is 6.08. The van der Waals surface area contributed by atoms with Crippen LogP contribution in [0.1, 0.15) is 0 Å². The Balaban J connectivity index is 3.54. The predicted molar refractivity (Wildman–Crippen MR) is 17.3 cm³/mol. The third kappa shape index (κ3) is 2.60. The van der Waals surface area contributed by atoms with Crippen LogP contribution in [-0.4, -0.2) is 25.2 Å². The van der Waals surface area contributed by atoms with E-state index in [0.29, 0.717) is 0 Å². The quantitative estimate of drug-likeness (QED) is 0.292. The van der Waals surface area contributed by atoms with Crippen molar-refractivity contribution in [1.29, 1.82) is 0 Å². The van der Waals surface area contributed by atoms with Crippen LogP contribution in [0.2, 0.25) is 0 Å². The largest absolute Gasteiger partial charge is 0.675 e. The molecule has 2 nitrogen and oxygen atoms in total. The minimum atomic E-state index is -6.12. The third-order valence-corrected chi connectivity index (χ3v) is 0.878. The van der Waals surface area contributed by atoms with Crippen molar-refractivity contribution in [3.05, 3.63) is 0 Å². The topological polar surface area (TPSA) is 40.5 Å². The molecule has 0 amide bonds. The van der Waals surface area contributed by atoms with Gasteiger partial charge in [0, 0.05) is 0 Å². The van der Waals surface area contributed by atoms with Crippen molar-refractivity contribution >= 4 is 9.08 Å². The molecule has 44 valence electrons. The second-order valence-corrected chi connectivity index (χ2v) is 2.51. The van der Waals surface area contributed by atoms with Crippen molar-refractivity contribution in [3.8, 4) is 0 Å². The molecule has 0 aromatic carbocycles. The van der Waals surface area contributed by atoms with Crippen molar-refractivity contribution in [1.82, 2.24) is 0 Å². The Morgan fingerprint density at radius 2 is 1.29 bits per heavy atom. The molecular weight excluding hydrogens is 129 g/mol. The summed E-state index contributed by atoms with van der Waals surface area (Å²) in [4.78, 5) is 0. The van der Waals surface area contributed by atoms with Crippen LogP contribution in [-0.2, 0) is 0 Å². The molecule has 0 atom stereocenters. The lowest BCUT2D eigenvalue weighted by molar-refractivity contribution is -0.00524. The van der Waals surface area contributed by atoms with Gasteiger partial charge < -0.3 is 10.2 Å². The minimum Gasteiger partial charge on any atom is -0.364 e. The highest BCUT2D eigenvalue weighted by atomic mass is 28.5. The zero-order valence-corrected chi connectivity index (χ0v) is 4.11. The molecule has 0 radical (unpaired) electrons. The van der Waals surface area contributed by atoms with E-state index in [2.05, 4.69) is 0 Å². The van der Waals surface area contributed by atoms with Gasteiger partial charge in [-0.05, 0) is 0 Å². The molecule has 6 heteroatoms. The summed E-state index contributed by atoms with van der Waals surface area (Å²) in [6, 6.07) is 0. The number of hydrogen-bond acceptors (Lipinski definition) is 2. The van der Waals surface area contributed by atoms with E-state index in [1.54, 1.807) is 0 Å². The molecule has 0 saturated carbocycles. The first-order chi connectivity index (χ1) is 2.94. The summed E-state index contributed by atoms with van der Waals surface area (Å²) >= 11 is 0. The normalized spacial score (nSPS) is 12.9. The van der Waals surface area contributed by atoms with Crippen molar-refractivity contribution < 1.29 is 22.5 Å². The van der Waals surface area contributed by atoms with Gasteiger partial charge in [0.1, 0.15) is 0 Å². The van der Waals surface area contributed by atoms with Gasteiger partial charge in [-0.15, -0.1) is 0 Å². The maximum absolute atomic E-state index is 10.8. The SMILES string of the molecule is OC(O)[Si](F)(F)F. The van der Waals surface area contributed by atoms with Crippen LogP contribution in [0.4, 0.5) is 12.3 Å². The standard InChI is InChI=1S/CH3F3O2Si/c2-7(3,4)1(5)6/h1,5-6H. The molecule has 0 aliphatic rings. The fourth-order valence-electron chi connectivity index (χ4n) is 0. The fourth-order valence-corrected chi connectivity index (χ4v) is 0. The Labute approximate surface area is 38.7 Å². The molecule has 0 fully saturated rings. The van der Waals surface area contributed by atoms with Gasteiger partial charge in [0.2, 0.25) is 5.91 Å². The Morgan fingerprint density at radius 3 is 1.29 bits per heavy atom. The smallest absolute Gasteiger partial charge is 0.364 e. The van der Waals surface area contributed by atoms with Gasteiger partial charge in [-0.25, -0.2) is 12.3 Å². The third-order valence-electron chi connectivity index (χ3n) is 0.293. The van der Waals surface area contributed by atoms with E-state index in [-0.39, 0.29) is 0 Å². The lowest BCUT2D eigenvalue weighted by Crippen LogP contribution is -2.33. The van der Waals surface area contributed by atoms with E-state index in [0.717, 1.165) is 0 Å². The van der Waals surface area contributed by atoms with E-state index in [9.17, 15) is 12.3 Å². The molecule has 7 heavy (non-hydrogen) atoms. The number of rotatable bonds is 1. The van der Waals surface area contributed by atoms with E-state index >= 15 is 0 Å². The number of aliphatic hydroxyl groups is 2. The molecule has 0 aromatic rings. The summed E-state index contributed by atoms with van der Waals surface area (Å²) in [5.74, 6) is -3.06. The molecule has 0 saturated heterocycles. The first-order valence-corrected chi connectivity index (χ1v) is 3.08. The first kappa shape index (κ1) is 6.93. The number of aliphatic hydroxyl groups excluding tert-OH is 1. The molecule has 0 aliphatic carbocycles. The summed E-state index contributed by atoms with van der Waals surface area (Å²) in [6.07, 6.45) is 0. The Morgan fingerprint density at radius 1 is 1.14 bits per heavy atom. The first-order valence-electron chi connectivity index (χ1n) is 1.37. The summed E-state index contributed by atoms with van der Waals surface area (Å²) in [5.41, 5.74) is 0. The van der Waals surface area contributed by atoms with E-state index in [1.807, 2.05) is 0 Å². The summed E-state index contributed by atoms with van der Waals surface area (Å²) < 4.78 is 32.5. The summed E-state index contributed by atoms with van der Waals surface area (Å²) in [5, 5.41) is 14.8. The van der Waals surface area contributed by atoms with Gasteiger partial charge >= 0.3 is 9.08 Å². The predicted octanol–water partition coefficient (Wildman–Crippen LogP) is -0.316. The molecule has 0 aliphatic heterocycles. The van der Waals surface area contributed by atoms with Gasteiger partial charge in [-0.1, -0.05) is 0 Å². The molecule has 0 bridgehead atoms. The number of hydrogen-bond donors (Lipinski definition) is 2. The minimum absolute atomic E-state index is 3.06. The summed E-state index contributed by atoms with van der Waals surface area (Å²) in [6.45, 7) is 0. The molecule has 0 rings (SSSR count). The van der Waals surface area contributed by atoms with Gasteiger partial charge in [-0.2, -0.15) is 0 Å². The monoisotopic (exact) mass is 132 g/mol. The molecule has 2 N–H and O–H groups in total. The average molecular weight is 132 g/mol. The lowest BCUT2D eigenvalue weighted by atomic mass is 11.5. The van der Waals surface area contributed by atoms with Crippen LogP contribution >= 0.6 is 0 Å². The Hall–Kier alpha value is -0.0731. The van der Waals surface area contributed by atoms with Gasteiger partial charge in [0.05, 0.1) is 0 Å². The van der Waals surface area contributed by atoms with Gasteiger partial charge in [0.15, 0.2) is 0 Å². The highest BCUT2D eigenvalue weighted by Gasteiger charge is 2.46. The molecular formula is CH3F3O2Si. The van der Waals surface area contributed by atoms with Crippen molar-refractivity contribution in [2.45, 2.75) is 5.91 Å². The highest BCUT2D eigenvalue weighted by Crippen LogP contribution is 2.10. The van der Waals surface area contributed by atoms with Gasteiger partial charge in [-0.3, -0.25) is 0 Å². The van der Waals surface area contributed by atoms with Crippen LogP contribution in [0.3, 0.4) is 0 Å².